The molecule has 22 heavy (non-hydrogen) atoms. The molecule has 9 heteroatoms. The van der Waals surface area contributed by atoms with Gasteiger partial charge in [-0.05, 0) is 44.5 Å². The van der Waals surface area contributed by atoms with Gasteiger partial charge in [0.25, 0.3) is 0 Å². The van der Waals surface area contributed by atoms with E-state index in [1.807, 2.05) is 7.05 Å². The highest BCUT2D eigenvalue weighted by Gasteiger charge is 2.31. The lowest BCUT2D eigenvalue weighted by Gasteiger charge is -2.31. The lowest BCUT2D eigenvalue weighted by Crippen LogP contribution is -2.40. The zero-order valence-electron chi connectivity index (χ0n) is 12.2. The molecule has 0 aliphatic carbocycles. The number of hydrogen-bond donors (Lipinski definition) is 1. The zero-order valence-corrected chi connectivity index (χ0v) is 14.7. The van der Waals surface area contributed by atoms with Gasteiger partial charge in [0.1, 0.15) is 15.9 Å². The second kappa shape index (κ2) is 7.18. The molecule has 6 nitrogen and oxygen atoms in total. The molecular formula is C13H19ClN4O2S2. The normalized spacial score (nSPS) is 17.5. The monoisotopic (exact) mass is 362 g/mol. The Bertz CT molecular complexity index is 726. The standard InChI is InChI=1S/C13H18N4O2S2.ClH/c1-14-9-10-5-7-17(8-6-10)21(18,19)12-4-2-3-11-13(12)16-20-15-11;/h2-4,10,14H,5-9H2,1H3;1H. The SMILES string of the molecule is CNCC1CCN(S(=O)(=O)c2cccc3nsnc23)CC1.Cl. The Morgan fingerprint density at radius 1 is 1.32 bits per heavy atom. The molecule has 2 heterocycles. The minimum absolute atomic E-state index is 0. The van der Waals surface area contributed by atoms with Gasteiger partial charge in [0.2, 0.25) is 10.0 Å². The molecule has 1 aliphatic heterocycles. The van der Waals surface area contributed by atoms with Crippen LogP contribution in [0.1, 0.15) is 12.8 Å². The molecule has 1 fully saturated rings. The van der Waals surface area contributed by atoms with E-state index >= 15 is 0 Å². The fourth-order valence-corrected chi connectivity index (χ4v) is 4.99. The number of halogens is 1. The molecule has 1 saturated heterocycles. The van der Waals surface area contributed by atoms with Gasteiger partial charge in [0.15, 0.2) is 0 Å². The molecule has 0 atom stereocenters. The van der Waals surface area contributed by atoms with Crippen molar-refractivity contribution >= 4 is 45.2 Å². The van der Waals surface area contributed by atoms with Gasteiger partial charge in [0.05, 0.1) is 11.7 Å². The summed E-state index contributed by atoms with van der Waals surface area (Å²) in [6, 6.07) is 5.14. The highest BCUT2D eigenvalue weighted by molar-refractivity contribution is 7.89. The van der Waals surface area contributed by atoms with Gasteiger partial charge in [-0.15, -0.1) is 12.4 Å². The number of fused-ring (bicyclic) bond motifs is 1. The van der Waals surface area contributed by atoms with Crippen molar-refractivity contribution in [1.29, 1.82) is 0 Å². The van der Waals surface area contributed by atoms with E-state index in [-0.39, 0.29) is 17.3 Å². The quantitative estimate of drug-likeness (QED) is 0.896. The van der Waals surface area contributed by atoms with Crippen molar-refractivity contribution in [3.8, 4) is 0 Å². The summed E-state index contributed by atoms with van der Waals surface area (Å²) in [5.41, 5.74) is 1.13. The summed E-state index contributed by atoms with van der Waals surface area (Å²) < 4.78 is 35.5. The van der Waals surface area contributed by atoms with Gasteiger partial charge >= 0.3 is 0 Å². The smallest absolute Gasteiger partial charge is 0.245 e. The van der Waals surface area contributed by atoms with Crippen molar-refractivity contribution in [3.63, 3.8) is 0 Å². The number of sulfonamides is 1. The Morgan fingerprint density at radius 3 is 2.73 bits per heavy atom. The van der Waals surface area contributed by atoms with Gasteiger partial charge < -0.3 is 5.32 Å². The summed E-state index contributed by atoms with van der Waals surface area (Å²) >= 11 is 1.05. The first kappa shape index (κ1) is 17.6. The average Bonchev–Trinajstić information content (AvgIpc) is 2.96. The number of nitrogens with one attached hydrogen (secondary N) is 1. The van der Waals surface area contributed by atoms with Crippen LogP contribution in [-0.4, -0.2) is 48.2 Å². The molecule has 1 N–H and O–H groups in total. The Morgan fingerprint density at radius 2 is 2.05 bits per heavy atom. The van der Waals surface area contributed by atoms with E-state index < -0.39 is 10.0 Å². The molecule has 0 bridgehead atoms. The van der Waals surface area contributed by atoms with Crippen molar-refractivity contribution in [3.05, 3.63) is 18.2 Å². The first-order valence-corrected chi connectivity index (χ1v) is 9.16. The number of rotatable bonds is 4. The van der Waals surface area contributed by atoms with Crippen LogP contribution in [-0.2, 0) is 10.0 Å². The lowest BCUT2D eigenvalue weighted by atomic mass is 9.98. The van der Waals surface area contributed by atoms with Crippen molar-refractivity contribution < 1.29 is 8.42 Å². The van der Waals surface area contributed by atoms with Crippen LogP contribution in [0.25, 0.3) is 11.0 Å². The Hall–Kier alpha value is -0.800. The zero-order chi connectivity index (χ0) is 14.9. The molecule has 2 aromatic rings. The molecule has 3 rings (SSSR count). The van der Waals surface area contributed by atoms with Gasteiger partial charge in [-0.25, -0.2) is 8.42 Å². The van der Waals surface area contributed by atoms with Crippen molar-refractivity contribution in [2.75, 3.05) is 26.7 Å². The van der Waals surface area contributed by atoms with Crippen LogP contribution in [0.2, 0.25) is 0 Å². The summed E-state index contributed by atoms with van der Waals surface area (Å²) in [6.07, 6.45) is 1.79. The minimum atomic E-state index is -3.48. The van der Waals surface area contributed by atoms with E-state index in [0.717, 1.165) is 31.1 Å². The Balaban J connectivity index is 0.00000176. The Labute approximate surface area is 140 Å². The van der Waals surface area contributed by atoms with Gasteiger partial charge in [-0.2, -0.15) is 13.1 Å². The molecule has 1 aromatic carbocycles. The molecule has 0 spiro atoms. The molecule has 1 aliphatic rings. The second-order valence-electron chi connectivity index (χ2n) is 5.29. The predicted molar refractivity (Wildman–Crippen MR) is 90.1 cm³/mol. The van der Waals surface area contributed by atoms with Crippen LogP contribution >= 0.6 is 24.1 Å². The van der Waals surface area contributed by atoms with Gasteiger partial charge in [0, 0.05) is 13.1 Å². The van der Waals surface area contributed by atoms with E-state index in [1.165, 1.54) is 0 Å². The number of hydrogen-bond acceptors (Lipinski definition) is 6. The molecule has 0 radical (unpaired) electrons. The van der Waals surface area contributed by atoms with Crippen LogP contribution in [0.3, 0.4) is 0 Å². The molecule has 0 saturated carbocycles. The van der Waals surface area contributed by atoms with E-state index in [4.69, 9.17) is 0 Å². The summed E-state index contributed by atoms with van der Waals surface area (Å²) in [7, 11) is -1.55. The first-order chi connectivity index (χ1) is 10.1. The topological polar surface area (TPSA) is 75.2 Å². The number of benzene rings is 1. The largest absolute Gasteiger partial charge is 0.319 e. The van der Waals surface area contributed by atoms with Gasteiger partial charge in [-0.1, -0.05) is 6.07 Å². The van der Waals surface area contributed by atoms with Crippen molar-refractivity contribution in [2.45, 2.75) is 17.7 Å². The summed E-state index contributed by atoms with van der Waals surface area (Å²) in [6.45, 7) is 2.09. The number of aromatic nitrogens is 2. The highest BCUT2D eigenvalue weighted by atomic mass is 35.5. The highest BCUT2D eigenvalue weighted by Crippen LogP contribution is 2.27. The third-order valence-corrected chi connectivity index (χ3v) is 6.41. The third kappa shape index (κ3) is 3.26. The minimum Gasteiger partial charge on any atom is -0.319 e. The predicted octanol–water partition coefficient (Wildman–Crippen LogP) is 1.73. The van der Waals surface area contributed by atoms with Crippen LogP contribution in [0.5, 0.6) is 0 Å². The van der Waals surface area contributed by atoms with Crippen LogP contribution in [0.4, 0.5) is 0 Å². The van der Waals surface area contributed by atoms with Crippen LogP contribution in [0.15, 0.2) is 23.1 Å². The van der Waals surface area contributed by atoms with Crippen molar-refractivity contribution in [2.24, 2.45) is 5.92 Å². The summed E-state index contributed by atoms with van der Waals surface area (Å²) in [4.78, 5) is 0.279. The number of piperidine rings is 1. The average molecular weight is 363 g/mol. The molecular weight excluding hydrogens is 344 g/mol. The Kier molecular flexibility index (Phi) is 5.73. The van der Waals surface area contributed by atoms with Crippen LogP contribution < -0.4 is 5.32 Å². The molecule has 122 valence electrons. The van der Waals surface area contributed by atoms with E-state index in [2.05, 4.69) is 14.1 Å². The maximum absolute atomic E-state index is 12.8. The molecule has 1 aromatic heterocycles. The van der Waals surface area contributed by atoms with E-state index in [9.17, 15) is 8.42 Å². The maximum Gasteiger partial charge on any atom is 0.245 e. The first-order valence-electron chi connectivity index (χ1n) is 6.99. The maximum atomic E-state index is 12.8. The molecule has 0 unspecified atom stereocenters. The van der Waals surface area contributed by atoms with Crippen LogP contribution in [0, 0.1) is 5.92 Å². The van der Waals surface area contributed by atoms with Crippen molar-refractivity contribution in [1.82, 2.24) is 18.4 Å². The molecule has 0 amide bonds. The second-order valence-corrected chi connectivity index (χ2v) is 7.73. The lowest BCUT2D eigenvalue weighted by molar-refractivity contribution is 0.271. The fraction of sp³-hybridized carbons (Fsp3) is 0.538. The van der Waals surface area contributed by atoms with Gasteiger partial charge in [-0.3, -0.25) is 0 Å². The fourth-order valence-electron chi connectivity index (χ4n) is 2.77. The van der Waals surface area contributed by atoms with E-state index in [1.54, 1.807) is 22.5 Å². The third-order valence-electron chi connectivity index (χ3n) is 3.93. The summed E-state index contributed by atoms with van der Waals surface area (Å²) in [5.74, 6) is 0.554. The number of nitrogens with zero attached hydrogens (tertiary/aromatic N) is 3. The summed E-state index contributed by atoms with van der Waals surface area (Å²) in [5, 5.41) is 3.16. The van der Waals surface area contributed by atoms with E-state index in [0.29, 0.717) is 30.0 Å².